The summed E-state index contributed by atoms with van der Waals surface area (Å²) in [5.74, 6) is -1.26. The summed E-state index contributed by atoms with van der Waals surface area (Å²) in [4.78, 5) is 18.9. The van der Waals surface area contributed by atoms with Crippen molar-refractivity contribution in [2.45, 2.75) is 44.5 Å². The Bertz CT molecular complexity index is 1400. The second-order valence-electron chi connectivity index (χ2n) is 10.8. The Kier molecular flexibility index (Phi) is 7.53. The number of pyridine rings is 1. The molecule has 0 radical (unpaired) electrons. The van der Waals surface area contributed by atoms with Crippen molar-refractivity contribution in [2.75, 3.05) is 19.6 Å². The number of aromatic nitrogens is 1. The third kappa shape index (κ3) is 5.58. The summed E-state index contributed by atoms with van der Waals surface area (Å²) < 4.78 is 6.09. The summed E-state index contributed by atoms with van der Waals surface area (Å²) in [5.41, 5.74) is 2.56. The Morgan fingerprint density at radius 2 is 1.97 bits per heavy atom. The molecule has 0 spiro atoms. The molecule has 8 heteroatoms. The summed E-state index contributed by atoms with van der Waals surface area (Å²) in [6.07, 6.45) is 4.85. The molecule has 1 saturated heterocycles. The zero-order valence-electron chi connectivity index (χ0n) is 22.1. The van der Waals surface area contributed by atoms with Crippen LogP contribution in [0.2, 0.25) is 5.02 Å². The van der Waals surface area contributed by atoms with E-state index in [1.54, 1.807) is 44.3 Å². The van der Waals surface area contributed by atoms with E-state index in [-0.39, 0.29) is 6.54 Å². The van der Waals surface area contributed by atoms with Crippen LogP contribution in [-0.4, -0.2) is 50.8 Å². The van der Waals surface area contributed by atoms with E-state index < -0.39 is 23.1 Å². The van der Waals surface area contributed by atoms with Gasteiger partial charge in [-0.3, -0.25) is 9.78 Å². The number of halogens is 1. The number of nitrogens with zero attached hydrogens (tertiary/aromatic N) is 2. The van der Waals surface area contributed by atoms with Crippen molar-refractivity contribution in [3.63, 3.8) is 0 Å². The maximum atomic E-state index is 12.2. The van der Waals surface area contributed by atoms with E-state index in [4.69, 9.17) is 16.3 Å². The lowest BCUT2D eigenvalue weighted by molar-refractivity contribution is -0.160. The van der Waals surface area contributed by atoms with E-state index in [2.05, 4.69) is 16.0 Å². The summed E-state index contributed by atoms with van der Waals surface area (Å²) in [6, 6.07) is 16.4. The van der Waals surface area contributed by atoms with Crippen LogP contribution in [-0.2, 0) is 22.6 Å². The summed E-state index contributed by atoms with van der Waals surface area (Å²) in [6.45, 7) is 5.28. The number of fused-ring (bicyclic) bond motifs is 2. The van der Waals surface area contributed by atoms with Crippen molar-refractivity contribution >= 4 is 23.1 Å². The average Bonchev–Trinajstić information content (AvgIpc) is 3.06. The third-order valence-electron chi connectivity index (χ3n) is 7.78. The first-order valence-corrected chi connectivity index (χ1v) is 13.5. The van der Waals surface area contributed by atoms with Gasteiger partial charge in [-0.15, -0.1) is 0 Å². The first kappa shape index (κ1) is 27.3. The second-order valence-corrected chi connectivity index (χ2v) is 11.3. The Morgan fingerprint density at radius 1 is 1.21 bits per heavy atom. The van der Waals surface area contributed by atoms with Gasteiger partial charge in [-0.1, -0.05) is 41.9 Å². The van der Waals surface area contributed by atoms with Gasteiger partial charge in [0.25, 0.3) is 0 Å². The highest BCUT2D eigenvalue weighted by Crippen LogP contribution is 2.40. The van der Waals surface area contributed by atoms with Crippen molar-refractivity contribution in [1.29, 1.82) is 0 Å². The highest BCUT2D eigenvalue weighted by molar-refractivity contribution is 6.30. The van der Waals surface area contributed by atoms with Gasteiger partial charge in [0.15, 0.2) is 0 Å². The second kappa shape index (κ2) is 10.7. The molecule has 204 valence electrons. The number of ether oxygens (including phenoxy) is 1. The molecule has 2 unspecified atom stereocenters. The number of benzene rings is 2. The predicted octanol–water partition coefficient (Wildman–Crippen LogP) is 4.97. The number of aliphatic carboxylic acids is 1. The zero-order chi connectivity index (χ0) is 27.8. The number of likely N-dealkylation sites (tertiary alicyclic amines) is 1. The lowest BCUT2D eigenvalue weighted by Gasteiger charge is -2.43. The van der Waals surface area contributed by atoms with Crippen LogP contribution in [0.25, 0.3) is 5.57 Å². The van der Waals surface area contributed by atoms with Gasteiger partial charge in [0, 0.05) is 42.0 Å². The smallest absolute Gasteiger partial charge is 0.311 e. The van der Waals surface area contributed by atoms with Gasteiger partial charge in [0.05, 0.1) is 11.3 Å². The van der Waals surface area contributed by atoms with Crippen LogP contribution >= 0.6 is 11.6 Å². The largest absolute Gasteiger partial charge is 0.487 e. The van der Waals surface area contributed by atoms with Crippen molar-refractivity contribution in [2.24, 2.45) is 5.92 Å². The van der Waals surface area contributed by atoms with Gasteiger partial charge < -0.3 is 25.0 Å². The third-order valence-corrected chi connectivity index (χ3v) is 8.04. The Labute approximate surface area is 233 Å². The number of aliphatic hydroxyl groups is 2. The first-order chi connectivity index (χ1) is 18.6. The van der Waals surface area contributed by atoms with Crippen LogP contribution in [0, 0.1) is 5.92 Å². The van der Waals surface area contributed by atoms with Crippen LogP contribution in [0.4, 0.5) is 0 Å². The Hall–Kier alpha value is -3.23. The molecular formula is C31H33ClN2O5. The molecule has 7 nitrogen and oxygen atoms in total. The molecule has 2 aliphatic heterocycles. The minimum absolute atomic E-state index is 0.234. The van der Waals surface area contributed by atoms with Gasteiger partial charge in [-0.2, -0.15) is 0 Å². The summed E-state index contributed by atoms with van der Waals surface area (Å²) in [5, 5.41) is 32.6. The number of carboxylic acid groups (broad SMARTS) is 1. The predicted molar refractivity (Wildman–Crippen MR) is 149 cm³/mol. The van der Waals surface area contributed by atoms with Gasteiger partial charge in [-0.05, 0) is 73.7 Å². The van der Waals surface area contributed by atoms with Gasteiger partial charge in [-0.25, -0.2) is 0 Å². The molecule has 1 fully saturated rings. The average molecular weight is 549 g/mol. The molecule has 1 aromatic heterocycles. The minimum Gasteiger partial charge on any atom is -0.487 e. The van der Waals surface area contributed by atoms with E-state index in [1.807, 2.05) is 30.3 Å². The SMILES string of the molecule is CC(C)(O)c1ccc2c(c1)/C(=C/CCN1CCC(O)(c3ccc(Cl)cc3)C(C(=O)O)C1)c1cccnc1CO2. The monoisotopic (exact) mass is 548 g/mol. The molecule has 0 amide bonds. The molecule has 2 aromatic carbocycles. The van der Waals surface area contributed by atoms with E-state index in [1.165, 1.54) is 0 Å². The van der Waals surface area contributed by atoms with Crippen molar-refractivity contribution in [1.82, 2.24) is 9.88 Å². The van der Waals surface area contributed by atoms with Gasteiger partial charge in [0.2, 0.25) is 0 Å². The molecular weight excluding hydrogens is 516 g/mol. The lowest BCUT2D eigenvalue weighted by atomic mass is 9.76. The van der Waals surface area contributed by atoms with E-state index in [0.717, 1.165) is 33.7 Å². The molecule has 39 heavy (non-hydrogen) atoms. The quantitative estimate of drug-likeness (QED) is 0.399. The Balaban J connectivity index is 1.40. The van der Waals surface area contributed by atoms with Crippen LogP contribution in [0.1, 0.15) is 54.6 Å². The van der Waals surface area contributed by atoms with E-state index in [0.29, 0.717) is 43.1 Å². The van der Waals surface area contributed by atoms with E-state index in [9.17, 15) is 20.1 Å². The number of hydrogen-bond acceptors (Lipinski definition) is 6. The highest BCUT2D eigenvalue weighted by atomic mass is 35.5. The number of rotatable bonds is 6. The highest BCUT2D eigenvalue weighted by Gasteiger charge is 2.46. The Morgan fingerprint density at radius 3 is 2.69 bits per heavy atom. The van der Waals surface area contributed by atoms with Crippen molar-refractivity contribution in [3.05, 3.63) is 99.8 Å². The molecule has 3 N–H and O–H groups in total. The molecule has 0 aliphatic carbocycles. The normalized spacial score (nSPS) is 22.5. The number of carboxylic acids is 1. The molecule has 2 aliphatic rings. The molecule has 3 aromatic rings. The topological polar surface area (TPSA) is 103 Å². The minimum atomic E-state index is -1.46. The van der Waals surface area contributed by atoms with Gasteiger partial charge >= 0.3 is 5.97 Å². The molecule has 0 saturated carbocycles. The van der Waals surface area contributed by atoms with Crippen molar-refractivity contribution < 1.29 is 24.9 Å². The van der Waals surface area contributed by atoms with Crippen molar-refractivity contribution in [3.8, 4) is 5.75 Å². The number of piperidine rings is 1. The maximum Gasteiger partial charge on any atom is 0.311 e. The fraction of sp³-hybridized carbons (Fsp3) is 0.355. The molecule has 0 bridgehead atoms. The van der Waals surface area contributed by atoms with Crippen LogP contribution in [0.5, 0.6) is 5.75 Å². The summed E-state index contributed by atoms with van der Waals surface area (Å²) >= 11 is 6.01. The van der Waals surface area contributed by atoms with Crippen LogP contribution < -0.4 is 4.74 Å². The van der Waals surface area contributed by atoms with Crippen LogP contribution in [0.3, 0.4) is 0 Å². The standard InChI is InChI=1S/C31H33ClN2O5/c1-30(2,37)21-9-12-28-25(17-21)23(24-5-3-14-33-27(24)19-39-28)6-4-15-34-16-13-31(38,26(18-34)29(35)36)20-7-10-22(32)11-8-20/h3,5-12,14,17,26,37-38H,4,13,15-16,18-19H2,1-2H3,(H,35,36)/b23-6+. The first-order valence-electron chi connectivity index (χ1n) is 13.1. The maximum absolute atomic E-state index is 12.2. The zero-order valence-corrected chi connectivity index (χ0v) is 22.9. The molecule has 3 heterocycles. The number of carbonyl (C=O) groups is 1. The fourth-order valence-corrected chi connectivity index (χ4v) is 5.65. The molecule has 2 atom stereocenters. The fourth-order valence-electron chi connectivity index (χ4n) is 5.52. The van der Waals surface area contributed by atoms with E-state index >= 15 is 0 Å². The molecule has 5 rings (SSSR count). The van der Waals surface area contributed by atoms with Gasteiger partial charge in [0.1, 0.15) is 23.9 Å². The summed E-state index contributed by atoms with van der Waals surface area (Å²) in [7, 11) is 0. The van der Waals surface area contributed by atoms with Crippen LogP contribution in [0.15, 0.2) is 66.9 Å². The lowest BCUT2D eigenvalue weighted by Crippen LogP contribution is -2.53. The number of hydrogen-bond donors (Lipinski definition) is 3.